The van der Waals surface area contributed by atoms with Crippen LogP contribution < -0.4 is 15.8 Å². The van der Waals surface area contributed by atoms with E-state index in [9.17, 15) is 9.59 Å². The molecule has 9 heteroatoms. The topological polar surface area (TPSA) is 93.9 Å². The highest BCUT2D eigenvalue weighted by Crippen LogP contribution is 2.29. The van der Waals surface area contributed by atoms with Crippen molar-refractivity contribution in [3.63, 3.8) is 0 Å². The van der Waals surface area contributed by atoms with Crippen molar-refractivity contribution in [2.24, 2.45) is 0 Å². The smallest absolute Gasteiger partial charge is 0.320 e. The lowest BCUT2D eigenvalue weighted by Gasteiger charge is -2.31. The van der Waals surface area contributed by atoms with Crippen molar-refractivity contribution in [3.8, 4) is 5.75 Å². The molecule has 27 heavy (non-hydrogen) atoms. The molecular formula is C18H27Cl2N3O4. The molecule has 0 atom stereocenters. The van der Waals surface area contributed by atoms with Crippen molar-refractivity contribution in [2.75, 3.05) is 32.5 Å². The van der Waals surface area contributed by atoms with E-state index in [-0.39, 0.29) is 43.0 Å². The number of carbonyl (C=O) groups is 2. The van der Waals surface area contributed by atoms with Crippen molar-refractivity contribution in [3.05, 3.63) is 22.7 Å². The fraction of sp³-hybridized carbons (Fsp3) is 0.556. The molecule has 152 valence electrons. The number of piperidine rings is 1. The van der Waals surface area contributed by atoms with Gasteiger partial charge in [0.2, 0.25) is 0 Å². The molecule has 1 fully saturated rings. The van der Waals surface area contributed by atoms with Gasteiger partial charge in [-0.05, 0) is 32.8 Å². The summed E-state index contributed by atoms with van der Waals surface area (Å²) in [6.07, 6.45) is 1.40. The molecule has 1 heterocycles. The molecule has 0 aromatic heterocycles. The molecule has 2 rings (SSSR count). The zero-order valence-electron chi connectivity index (χ0n) is 15.8. The number of hydrogen-bond donors (Lipinski definition) is 2. The summed E-state index contributed by atoms with van der Waals surface area (Å²) in [7, 11) is 1.48. The number of nitrogen functional groups attached to an aromatic ring is 1. The average molecular weight is 420 g/mol. The standard InChI is InChI=1S/C18H26ClN3O4.ClH/c1-11(2)26-17(23)10-22-6-4-12(5-7-22)21-18(24)13-8-14(19)15(20)9-16(13)25-3;/h8-9,11-12H,4-7,10,20H2,1-3H3,(H,21,24);1H. The normalized spacial score (nSPS) is 15.1. The number of nitrogens with one attached hydrogen (secondary N) is 1. The highest BCUT2D eigenvalue weighted by atomic mass is 35.5. The Labute approximate surface area is 170 Å². The number of halogens is 2. The Morgan fingerprint density at radius 2 is 1.96 bits per heavy atom. The van der Waals surface area contributed by atoms with E-state index in [1.54, 1.807) is 6.07 Å². The van der Waals surface area contributed by atoms with Gasteiger partial charge in [-0.3, -0.25) is 14.5 Å². The Morgan fingerprint density at radius 1 is 1.33 bits per heavy atom. The molecule has 0 radical (unpaired) electrons. The van der Waals surface area contributed by atoms with Gasteiger partial charge in [-0.1, -0.05) is 11.6 Å². The van der Waals surface area contributed by atoms with E-state index >= 15 is 0 Å². The molecule has 1 aliphatic rings. The lowest BCUT2D eigenvalue weighted by molar-refractivity contribution is -0.149. The number of anilines is 1. The minimum atomic E-state index is -0.249. The number of ether oxygens (including phenoxy) is 2. The van der Waals surface area contributed by atoms with E-state index in [0.29, 0.717) is 22.0 Å². The van der Waals surface area contributed by atoms with Crippen molar-refractivity contribution < 1.29 is 19.1 Å². The summed E-state index contributed by atoms with van der Waals surface area (Å²) in [5.41, 5.74) is 6.47. The van der Waals surface area contributed by atoms with Gasteiger partial charge in [0, 0.05) is 25.2 Å². The number of carbonyl (C=O) groups excluding carboxylic acids is 2. The highest BCUT2D eigenvalue weighted by Gasteiger charge is 2.24. The second-order valence-corrected chi connectivity index (χ2v) is 7.04. The predicted octanol–water partition coefficient (Wildman–Crippen LogP) is 2.50. The van der Waals surface area contributed by atoms with Crippen LogP contribution in [0.2, 0.25) is 5.02 Å². The lowest BCUT2D eigenvalue weighted by atomic mass is 10.0. The number of amides is 1. The first-order valence-corrected chi connectivity index (χ1v) is 9.03. The number of hydrogen-bond acceptors (Lipinski definition) is 6. The minimum Gasteiger partial charge on any atom is -0.496 e. The van der Waals surface area contributed by atoms with Crippen molar-refractivity contribution in [1.29, 1.82) is 0 Å². The Balaban J connectivity index is 0.00000364. The molecule has 0 aliphatic carbocycles. The third-order valence-electron chi connectivity index (χ3n) is 4.21. The summed E-state index contributed by atoms with van der Waals surface area (Å²) in [4.78, 5) is 26.3. The van der Waals surface area contributed by atoms with E-state index < -0.39 is 0 Å². The molecule has 1 aliphatic heterocycles. The average Bonchev–Trinajstić information content (AvgIpc) is 2.57. The predicted molar refractivity (Wildman–Crippen MR) is 108 cm³/mol. The third-order valence-corrected chi connectivity index (χ3v) is 4.53. The molecule has 0 saturated carbocycles. The Kier molecular flexibility index (Phi) is 9.15. The number of esters is 1. The van der Waals surface area contributed by atoms with E-state index in [1.807, 2.05) is 18.7 Å². The maximum atomic E-state index is 12.6. The number of rotatable bonds is 6. The summed E-state index contributed by atoms with van der Waals surface area (Å²) < 4.78 is 10.4. The number of methoxy groups -OCH3 is 1. The minimum absolute atomic E-state index is 0. The van der Waals surface area contributed by atoms with Gasteiger partial charge in [0.1, 0.15) is 5.75 Å². The SMILES string of the molecule is COc1cc(N)c(Cl)cc1C(=O)NC1CCN(CC(=O)OC(C)C)CC1.Cl. The van der Waals surface area contributed by atoms with Crippen LogP contribution in [0, 0.1) is 0 Å². The third kappa shape index (κ3) is 6.75. The van der Waals surface area contributed by atoms with Crippen molar-refractivity contribution in [2.45, 2.75) is 38.8 Å². The van der Waals surface area contributed by atoms with Crippen LogP contribution in [0.1, 0.15) is 37.0 Å². The molecule has 0 spiro atoms. The summed E-state index contributed by atoms with van der Waals surface area (Å²) in [5, 5.41) is 3.32. The molecule has 1 amide bonds. The van der Waals surface area contributed by atoms with Crippen LogP contribution >= 0.6 is 24.0 Å². The highest BCUT2D eigenvalue weighted by molar-refractivity contribution is 6.33. The van der Waals surface area contributed by atoms with E-state index in [1.165, 1.54) is 13.2 Å². The van der Waals surface area contributed by atoms with E-state index in [0.717, 1.165) is 25.9 Å². The van der Waals surface area contributed by atoms with Crippen LogP contribution in [0.4, 0.5) is 5.69 Å². The molecule has 1 saturated heterocycles. The fourth-order valence-electron chi connectivity index (χ4n) is 2.90. The Bertz CT molecular complexity index is 662. The molecule has 1 aromatic carbocycles. The van der Waals surface area contributed by atoms with Gasteiger partial charge in [-0.25, -0.2) is 0 Å². The zero-order chi connectivity index (χ0) is 19.3. The fourth-order valence-corrected chi connectivity index (χ4v) is 3.06. The second kappa shape index (κ2) is 10.6. The zero-order valence-corrected chi connectivity index (χ0v) is 17.4. The molecule has 0 unspecified atom stereocenters. The summed E-state index contributed by atoms with van der Waals surface area (Å²) in [5.74, 6) is -0.0802. The van der Waals surface area contributed by atoms with Gasteiger partial charge in [0.05, 0.1) is 36.0 Å². The number of nitrogens with two attached hydrogens (primary N) is 1. The first-order chi connectivity index (χ1) is 12.3. The monoisotopic (exact) mass is 419 g/mol. The Morgan fingerprint density at radius 3 is 2.52 bits per heavy atom. The quantitative estimate of drug-likeness (QED) is 0.543. The van der Waals surface area contributed by atoms with Gasteiger partial charge in [0.25, 0.3) is 5.91 Å². The molecule has 0 bridgehead atoms. The van der Waals surface area contributed by atoms with Gasteiger partial charge in [0.15, 0.2) is 0 Å². The largest absolute Gasteiger partial charge is 0.496 e. The summed E-state index contributed by atoms with van der Waals surface area (Å²) >= 11 is 6.02. The van der Waals surface area contributed by atoms with Crippen LogP contribution in [0.3, 0.4) is 0 Å². The van der Waals surface area contributed by atoms with E-state index in [2.05, 4.69) is 5.32 Å². The molecule has 3 N–H and O–H groups in total. The molecule has 1 aromatic rings. The number of benzene rings is 1. The van der Waals surface area contributed by atoms with Gasteiger partial charge < -0.3 is 20.5 Å². The van der Waals surface area contributed by atoms with Gasteiger partial charge in [-0.2, -0.15) is 0 Å². The van der Waals surface area contributed by atoms with Crippen LogP contribution in [0.5, 0.6) is 5.75 Å². The Hall–Kier alpha value is -1.70. The summed E-state index contributed by atoms with van der Waals surface area (Å²) in [6, 6.07) is 3.09. The second-order valence-electron chi connectivity index (χ2n) is 6.64. The first kappa shape index (κ1) is 23.3. The first-order valence-electron chi connectivity index (χ1n) is 8.65. The van der Waals surface area contributed by atoms with Crippen molar-refractivity contribution >= 4 is 41.6 Å². The van der Waals surface area contributed by atoms with Gasteiger partial charge >= 0.3 is 5.97 Å². The maximum Gasteiger partial charge on any atom is 0.320 e. The van der Waals surface area contributed by atoms with Gasteiger partial charge in [-0.15, -0.1) is 12.4 Å². The van der Waals surface area contributed by atoms with E-state index in [4.69, 9.17) is 26.8 Å². The van der Waals surface area contributed by atoms with Crippen LogP contribution in [0.25, 0.3) is 0 Å². The summed E-state index contributed by atoms with van der Waals surface area (Å²) in [6.45, 7) is 5.38. The van der Waals surface area contributed by atoms with Crippen molar-refractivity contribution in [1.82, 2.24) is 10.2 Å². The maximum absolute atomic E-state index is 12.6. The number of nitrogens with zero attached hydrogens (tertiary/aromatic N) is 1. The number of likely N-dealkylation sites (tertiary alicyclic amines) is 1. The van der Waals surface area contributed by atoms with Crippen LogP contribution in [0.15, 0.2) is 12.1 Å². The molecule has 7 nitrogen and oxygen atoms in total. The molecular weight excluding hydrogens is 393 g/mol. The van der Waals surface area contributed by atoms with Crippen LogP contribution in [-0.2, 0) is 9.53 Å². The van der Waals surface area contributed by atoms with Crippen LogP contribution in [-0.4, -0.2) is 55.7 Å². The lowest BCUT2D eigenvalue weighted by Crippen LogP contribution is -2.46.